The molecule has 0 aliphatic carbocycles. The van der Waals surface area contributed by atoms with Crippen molar-refractivity contribution in [3.8, 4) is 5.75 Å². The van der Waals surface area contributed by atoms with Crippen LogP contribution in [-0.4, -0.2) is 42.2 Å². The van der Waals surface area contributed by atoms with Crippen molar-refractivity contribution in [2.45, 2.75) is 12.8 Å². The Balaban J connectivity index is 1.94. The lowest BCUT2D eigenvalue weighted by atomic mass is 10.2. The summed E-state index contributed by atoms with van der Waals surface area (Å²) in [6.07, 6.45) is 2.47. The highest BCUT2D eigenvalue weighted by atomic mass is 35.5. The molecule has 1 N–H and O–H groups in total. The van der Waals surface area contributed by atoms with Crippen LogP contribution in [-0.2, 0) is 0 Å². The molecular weight excluding hydrogens is 254 g/mol. The van der Waals surface area contributed by atoms with Crippen LogP contribution in [0.3, 0.4) is 0 Å². The van der Waals surface area contributed by atoms with Gasteiger partial charge in [0.1, 0.15) is 17.9 Å². The molecule has 98 valence electrons. The van der Waals surface area contributed by atoms with Crippen LogP contribution in [0.25, 0.3) is 0 Å². The predicted molar refractivity (Wildman–Crippen MR) is 69.6 cm³/mol. The maximum atomic E-state index is 11.0. The SMILES string of the molecule is O=C(O)c1ccc(Cl)cc1OCCN1CCCC1. The van der Waals surface area contributed by atoms with Crippen molar-refractivity contribution < 1.29 is 14.6 Å². The Morgan fingerprint density at radius 1 is 1.39 bits per heavy atom. The molecule has 0 atom stereocenters. The highest BCUT2D eigenvalue weighted by Crippen LogP contribution is 2.23. The molecule has 1 aromatic carbocycles. The topological polar surface area (TPSA) is 49.8 Å². The summed E-state index contributed by atoms with van der Waals surface area (Å²) in [5.41, 5.74) is 0.154. The molecule has 1 aromatic rings. The molecule has 2 rings (SSSR count). The van der Waals surface area contributed by atoms with Crippen LogP contribution in [0.2, 0.25) is 5.02 Å². The summed E-state index contributed by atoms with van der Waals surface area (Å²) in [6, 6.07) is 4.57. The smallest absolute Gasteiger partial charge is 0.339 e. The van der Waals surface area contributed by atoms with Gasteiger partial charge in [-0.1, -0.05) is 11.6 Å². The largest absolute Gasteiger partial charge is 0.491 e. The number of hydrogen-bond donors (Lipinski definition) is 1. The molecule has 0 unspecified atom stereocenters. The third-order valence-corrected chi connectivity index (χ3v) is 3.27. The molecule has 0 spiro atoms. The summed E-state index contributed by atoms with van der Waals surface area (Å²) in [7, 11) is 0. The zero-order valence-corrected chi connectivity index (χ0v) is 10.8. The van der Waals surface area contributed by atoms with Gasteiger partial charge in [0.15, 0.2) is 0 Å². The van der Waals surface area contributed by atoms with E-state index in [4.69, 9.17) is 21.4 Å². The summed E-state index contributed by atoms with van der Waals surface area (Å²) >= 11 is 5.84. The van der Waals surface area contributed by atoms with Gasteiger partial charge in [0, 0.05) is 11.6 Å². The molecular formula is C13H16ClNO3. The first kappa shape index (κ1) is 13.2. The molecule has 1 aliphatic heterocycles. The fraction of sp³-hybridized carbons (Fsp3) is 0.462. The number of rotatable bonds is 5. The van der Waals surface area contributed by atoms with Crippen molar-refractivity contribution in [1.29, 1.82) is 0 Å². The van der Waals surface area contributed by atoms with Crippen LogP contribution in [0.5, 0.6) is 5.75 Å². The normalized spacial score (nSPS) is 15.8. The number of nitrogens with zero attached hydrogens (tertiary/aromatic N) is 1. The highest BCUT2D eigenvalue weighted by molar-refractivity contribution is 6.30. The lowest BCUT2D eigenvalue weighted by Crippen LogP contribution is -2.25. The van der Waals surface area contributed by atoms with Crippen molar-refractivity contribution in [2.24, 2.45) is 0 Å². The summed E-state index contributed by atoms with van der Waals surface area (Å²) in [5, 5.41) is 9.52. The van der Waals surface area contributed by atoms with Gasteiger partial charge in [0.05, 0.1) is 0 Å². The lowest BCUT2D eigenvalue weighted by Gasteiger charge is -2.15. The van der Waals surface area contributed by atoms with Gasteiger partial charge in [-0.15, -0.1) is 0 Å². The first-order chi connectivity index (χ1) is 8.66. The second-order valence-electron chi connectivity index (χ2n) is 4.34. The predicted octanol–water partition coefficient (Wildman–Crippen LogP) is 2.51. The van der Waals surface area contributed by atoms with E-state index in [1.165, 1.54) is 18.9 Å². The Bertz CT molecular complexity index is 430. The molecule has 0 bridgehead atoms. The van der Waals surface area contributed by atoms with Gasteiger partial charge in [-0.3, -0.25) is 4.90 Å². The number of benzene rings is 1. The number of hydrogen-bond acceptors (Lipinski definition) is 3. The van der Waals surface area contributed by atoms with Crippen molar-refractivity contribution in [3.63, 3.8) is 0 Å². The number of aromatic carboxylic acids is 1. The van der Waals surface area contributed by atoms with E-state index >= 15 is 0 Å². The maximum Gasteiger partial charge on any atom is 0.339 e. The number of carboxylic acids is 1. The Labute approximate surface area is 111 Å². The summed E-state index contributed by atoms with van der Waals surface area (Å²) in [4.78, 5) is 13.3. The van der Waals surface area contributed by atoms with E-state index in [1.807, 2.05) is 0 Å². The minimum absolute atomic E-state index is 0.154. The standard InChI is InChI=1S/C13H16ClNO3/c14-10-3-4-11(13(16)17)12(9-10)18-8-7-15-5-1-2-6-15/h3-4,9H,1-2,5-8H2,(H,16,17). The van der Waals surface area contributed by atoms with Crippen molar-refractivity contribution >= 4 is 17.6 Å². The van der Waals surface area contributed by atoms with Gasteiger partial charge >= 0.3 is 5.97 Å². The summed E-state index contributed by atoms with van der Waals surface area (Å²) in [5.74, 6) is -0.656. The fourth-order valence-electron chi connectivity index (χ4n) is 2.08. The van der Waals surface area contributed by atoms with E-state index < -0.39 is 5.97 Å². The third-order valence-electron chi connectivity index (χ3n) is 3.04. The molecule has 18 heavy (non-hydrogen) atoms. The lowest BCUT2D eigenvalue weighted by molar-refractivity contribution is 0.0692. The van der Waals surface area contributed by atoms with E-state index in [9.17, 15) is 4.79 Å². The highest BCUT2D eigenvalue weighted by Gasteiger charge is 2.14. The Morgan fingerprint density at radius 3 is 2.78 bits per heavy atom. The van der Waals surface area contributed by atoms with Gasteiger partial charge in [-0.25, -0.2) is 4.79 Å². The van der Waals surface area contributed by atoms with E-state index in [1.54, 1.807) is 12.1 Å². The molecule has 1 aliphatic rings. The molecule has 1 saturated heterocycles. The van der Waals surface area contributed by atoms with Crippen molar-refractivity contribution in [2.75, 3.05) is 26.2 Å². The van der Waals surface area contributed by atoms with E-state index in [0.29, 0.717) is 17.4 Å². The number of carboxylic acid groups (broad SMARTS) is 1. The molecule has 4 nitrogen and oxygen atoms in total. The molecule has 1 heterocycles. The zero-order chi connectivity index (χ0) is 13.0. The van der Waals surface area contributed by atoms with Crippen LogP contribution >= 0.6 is 11.6 Å². The zero-order valence-electron chi connectivity index (χ0n) is 10.1. The first-order valence-electron chi connectivity index (χ1n) is 6.05. The fourth-order valence-corrected chi connectivity index (χ4v) is 2.25. The minimum Gasteiger partial charge on any atom is -0.491 e. The molecule has 0 saturated carbocycles. The van der Waals surface area contributed by atoms with Crippen molar-refractivity contribution in [1.82, 2.24) is 4.90 Å². The van der Waals surface area contributed by atoms with Gasteiger partial charge in [-0.05, 0) is 44.1 Å². The summed E-state index contributed by atoms with van der Waals surface area (Å²) < 4.78 is 5.53. The van der Waals surface area contributed by atoms with Gasteiger partial charge < -0.3 is 9.84 Å². The molecule has 0 amide bonds. The second-order valence-corrected chi connectivity index (χ2v) is 4.78. The van der Waals surface area contributed by atoms with E-state index in [0.717, 1.165) is 19.6 Å². The van der Waals surface area contributed by atoms with Crippen LogP contribution < -0.4 is 4.74 Å². The van der Waals surface area contributed by atoms with Crippen molar-refractivity contribution in [3.05, 3.63) is 28.8 Å². The van der Waals surface area contributed by atoms with E-state index in [-0.39, 0.29) is 5.56 Å². The van der Waals surface area contributed by atoms with Crippen LogP contribution in [0.1, 0.15) is 23.2 Å². The molecule has 5 heteroatoms. The molecule has 0 radical (unpaired) electrons. The number of ether oxygens (including phenoxy) is 1. The summed E-state index contributed by atoms with van der Waals surface area (Å²) in [6.45, 7) is 3.52. The number of halogens is 1. The van der Waals surface area contributed by atoms with Crippen LogP contribution in [0.4, 0.5) is 0 Å². The Hall–Kier alpha value is -1.26. The number of carbonyl (C=O) groups is 1. The van der Waals surface area contributed by atoms with Gasteiger partial charge in [-0.2, -0.15) is 0 Å². The second kappa shape index (κ2) is 6.07. The average Bonchev–Trinajstić information content (AvgIpc) is 2.82. The average molecular weight is 270 g/mol. The molecule has 0 aromatic heterocycles. The van der Waals surface area contributed by atoms with Crippen LogP contribution in [0.15, 0.2) is 18.2 Å². The third kappa shape index (κ3) is 3.37. The minimum atomic E-state index is -0.997. The quantitative estimate of drug-likeness (QED) is 0.892. The monoisotopic (exact) mass is 269 g/mol. The Morgan fingerprint density at radius 2 is 2.11 bits per heavy atom. The molecule has 1 fully saturated rings. The van der Waals surface area contributed by atoms with E-state index in [2.05, 4.69) is 4.90 Å². The number of likely N-dealkylation sites (tertiary alicyclic amines) is 1. The van der Waals surface area contributed by atoms with Gasteiger partial charge in [0.2, 0.25) is 0 Å². The van der Waals surface area contributed by atoms with Gasteiger partial charge in [0.25, 0.3) is 0 Å². The van der Waals surface area contributed by atoms with Crippen LogP contribution in [0, 0.1) is 0 Å². The maximum absolute atomic E-state index is 11.0. The Kier molecular flexibility index (Phi) is 4.44. The first-order valence-corrected chi connectivity index (χ1v) is 6.42.